The lowest BCUT2D eigenvalue weighted by Crippen LogP contribution is -2.34. The van der Waals surface area contributed by atoms with Crippen LogP contribution in [0.2, 0.25) is 0 Å². The molecule has 1 heteroatoms. The summed E-state index contributed by atoms with van der Waals surface area (Å²) in [6.45, 7) is 11.7. The van der Waals surface area contributed by atoms with Crippen molar-refractivity contribution in [3.8, 4) is 0 Å². The maximum Gasteiger partial charge on any atom is 0.000497 e. The zero-order chi connectivity index (χ0) is 9.90. The Hall–Kier alpha value is -0.0400. The van der Waals surface area contributed by atoms with E-state index < -0.39 is 0 Å². The van der Waals surface area contributed by atoms with E-state index in [0.29, 0.717) is 5.41 Å². The van der Waals surface area contributed by atoms with Crippen LogP contribution in [0.1, 0.15) is 47.0 Å². The van der Waals surface area contributed by atoms with Crippen LogP contribution in [0.4, 0.5) is 0 Å². The van der Waals surface area contributed by atoms with E-state index in [9.17, 15) is 0 Å². The summed E-state index contributed by atoms with van der Waals surface area (Å²) >= 11 is 0. The van der Waals surface area contributed by atoms with Crippen LogP contribution < -0.4 is 5.32 Å². The van der Waals surface area contributed by atoms with E-state index in [-0.39, 0.29) is 0 Å². The third kappa shape index (κ3) is 4.12. The molecule has 1 N–H and O–H groups in total. The minimum absolute atomic E-state index is 0.448. The van der Waals surface area contributed by atoms with Crippen molar-refractivity contribution in [2.45, 2.75) is 47.0 Å². The summed E-state index contributed by atoms with van der Waals surface area (Å²) in [7, 11) is 0. The van der Waals surface area contributed by atoms with Gasteiger partial charge in [0.05, 0.1) is 0 Å². The molecule has 0 bridgehead atoms. The highest BCUT2D eigenvalue weighted by Gasteiger charge is 2.23. The topological polar surface area (TPSA) is 12.0 Å². The Morgan fingerprint density at radius 3 is 2.38 bits per heavy atom. The Bertz CT molecular complexity index is 145. The third-order valence-electron chi connectivity index (χ3n) is 3.57. The van der Waals surface area contributed by atoms with Gasteiger partial charge in [-0.3, -0.25) is 0 Å². The Balaban J connectivity index is 2.02. The summed E-state index contributed by atoms with van der Waals surface area (Å²) in [5.74, 6) is 1.83. The van der Waals surface area contributed by atoms with Crippen molar-refractivity contribution in [2.75, 3.05) is 13.1 Å². The number of nitrogens with one attached hydrogen (secondary N) is 1. The van der Waals surface area contributed by atoms with Crippen LogP contribution >= 0.6 is 0 Å². The quantitative estimate of drug-likeness (QED) is 0.624. The molecule has 0 unspecified atom stereocenters. The van der Waals surface area contributed by atoms with E-state index in [4.69, 9.17) is 0 Å². The summed E-state index contributed by atoms with van der Waals surface area (Å²) in [5.41, 5.74) is 0.448. The fourth-order valence-electron chi connectivity index (χ4n) is 1.33. The zero-order valence-corrected chi connectivity index (χ0v) is 9.69. The molecular weight excluding hydrogens is 158 g/mol. The summed E-state index contributed by atoms with van der Waals surface area (Å²) in [4.78, 5) is 0. The van der Waals surface area contributed by atoms with Crippen LogP contribution in [0.15, 0.2) is 0 Å². The first kappa shape index (κ1) is 11.0. The fourth-order valence-corrected chi connectivity index (χ4v) is 1.33. The van der Waals surface area contributed by atoms with Crippen molar-refractivity contribution in [1.82, 2.24) is 5.32 Å². The van der Waals surface area contributed by atoms with Gasteiger partial charge in [0, 0.05) is 6.54 Å². The van der Waals surface area contributed by atoms with Crippen molar-refractivity contribution in [3.05, 3.63) is 0 Å². The molecule has 0 heterocycles. The van der Waals surface area contributed by atoms with Gasteiger partial charge in [0.15, 0.2) is 0 Å². The Labute approximate surface area is 83.3 Å². The van der Waals surface area contributed by atoms with Gasteiger partial charge in [-0.05, 0) is 30.2 Å². The van der Waals surface area contributed by atoms with Crippen molar-refractivity contribution in [1.29, 1.82) is 0 Å². The van der Waals surface area contributed by atoms with Crippen molar-refractivity contribution >= 4 is 0 Å². The third-order valence-corrected chi connectivity index (χ3v) is 3.57. The molecule has 1 aliphatic carbocycles. The van der Waals surface area contributed by atoms with E-state index in [0.717, 1.165) is 18.4 Å². The highest BCUT2D eigenvalue weighted by atomic mass is 14.9. The predicted molar refractivity (Wildman–Crippen MR) is 58.8 cm³/mol. The van der Waals surface area contributed by atoms with E-state index in [1.54, 1.807) is 0 Å². The van der Waals surface area contributed by atoms with Crippen molar-refractivity contribution in [3.63, 3.8) is 0 Å². The molecule has 0 aromatic carbocycles. The lowest BCUT2D eigenvalue weighted by atomic mass is 9.81. The molecule has 0 saturated heterocycles. The second-order valence-electron chi connectivity index (χ2n) is 5.55. The average molecular weight is 183 g/mol. The average Bonchev–Trinajstić information content (AvgIpc) is 2.81. The molecule has 0 aliphatic heterocycles. The number of hydrogen-bond acceptors (Lipinski definition) is 1. The predicted octanol–water partition coefficient (Wildman–Crippen LogP) is 3.06. The van der Waals surface area contributed by atoms with Gasteiger partial charge in [0.25, 0.3) is 0 Å². The molecule has 0 aromatic heterocycles. The van der Waals surface area contributed by atoms with Crippen LogP contribution in [-0.4, -0.2) is 13.1 Å². The van der Waals surface area contributed by atoms with Gasteiger partial charge in [0.1, 0.15) is 0 Å². The molecule has 0 aromatic rings. The normalized spacial score (nSPS) is 18.2. The van der Waals surface area contributed by atoms with E-state index >= 15 is 0 Å². The van der Waals surface area contributed by atoms with Crippen molar-refractivity contribution in [2.24, 2.45) is 17.3 Å². The second kappa shape index (κ2) is 4.45. The first-order valence-corrected chi connectivity index (χ1v) is 5.73. The largest absolute Gasteiger partial charge is 0.316 e. The summed E-state index contributed by atoms with van der Waals surface area (Å²) < 4.78 is 0. The summed E-state index contributed by atoms with van der Waals surface area (Å²) in [5, 5.41) is 3.58. The van der Waals surface area contributed by atoms with Crippen LogP contribution in [0.3, 0.4) is 0 Å². The molecule has 1 rings (SSSR count). The van der Waals surface area contributed by atoms with E-state index in [1.165, 1.54) is 25.8 Å². The standard InChI is InChI=1S/C12H25N/c1-10(2)12(3,4)9-13-8-7-11-5-6-11/h10-11,13H,5-9H2,1-4H3. The van der Waals surface area contributed by atoms with Gasteiger partial charge in [-0.25, -0.2) is 0 Å². The van der Waals surface area contributed by atoms with Gasteiger partial charge in [0.2, 0.25) is 0 Å². The lowest BCUT2D eigenvalue weighted by Gasteiger charge is -2.29. The van der Waals surface area contributed by atoms with Gasteiger partial charge in [-0.2, -0.15) is 0 Å². The second-order valence-corrected chi connectivity index (χ2v) is 5.55. The molecule has 0 atom stereocenters. The zero-order valence-electron chi connectivity index (χ0n) is 9.69. The Morgan fingerprint density at radius 1 is 1.31 bits per heavy atom. The van der Waals surface area contributed by atoms with Crippen LogP contribution in [0.25, 0.3) is 0 Å². The maximum atomic E-state index is 3.58. The molecular formula is C12H25N. The highest BCUT2D eigenvalue weighted by molar-refractivity contribution is 4.77. The van der Waals surface area contributed by atoms with Gasteiger partial charge in [-0.15, -0.1) is 0 Å². The smallest absolute Gasteiger partial charge is 0.000497 e. The Kier molecular flexibility index (Phi) is 3.78. The minimum Gasteiger partial charge on any atom is -0.316 e. The van der Waals surface area contributed by atoms with Gasteiger partial charge < -0.3 is 5.32 Å². The maximum absolute atomic E-state index is 3.58. The van der Waals surface area contributed by atoms with Gasteiger partial charge in [-0.1, -0.05) is 40.5 Å². The molecule has 1 saturated carbocycles. The number of rotatable bonds is 6. The van der Waals surface area contributed by atoms with Crippen LogP contribution in [0.5, 0.6) is 0 Å². The fraction of sp³-hybridized carbons (Fsp3) is 1.00. The summed E-state index contributed by atoms with van der Waals surface area (Å²) in [6.07, 6.45) is 4.36. The first-order chi connectivity index (χ1) is 6.02. The van der Waals surface area contributed by atoms with Crippen molar-refractivity contribution < 1.29 is 0 Å². The summed E-state index contributed by atoms with van der Waals surface area (Å²) in [6, 6.07) is 0. The molecule has 78 valence electrons. The molecule has 1 aliphatic rings. The molecule has 1 nitrogen and oxygen atoms in total. The minimum atomic E-state index is 0.448. The molecule has 13 heavy (non-hydrogen) atoms. The van der Waals surface area contributed by atoms with Crippen LogP contribution in [-0.2, 0) is 0 Å². The Morgan fingerprint density at radius 2 is 1.92 bits per heavy atom. The molecule has 0 radical (unpaired) electrons. The molecule has 0 amide bonds. The van der Waals surface area contributed by atoms with E-state index in [2.05, 4.69) is 33.0 Å². The SMILES string of the molecule is CC(C)C(C)(C)CNCCC1CC1. The number of hydrogen-bond donors (Lipinski definition) is 1. The van der Waals surface area contributed by atoms with Gasteiger partial charge >= 0.3 is 0 Å². The monoisotopic (exact) mass is 183 g/mol. The molecule has 0 spiro atoms. The highest BCUT2D eigenvalue weighted by Crippen LogP contribution is 2.32. The van der Waals surface area contributed by atoms with E-state index in [1.807, 2.05) is 0 Å². The molecule has 1 fully saturated rings. The lowest BCUT2D eigenvalue weighted by molar-refractivity contribution is 0.238. The van der Waals surface area contributed by atoms with Crippen LogP contribution in [0, 0.1) is 17.3 Å². The first-order valence-electron chi connectivity index (χ1n) is 5.73.